The van der Waals surface area contributed by atoms with Crippen LogP contribution in [0.5, 0.6) is 0 Å². The molecule has 1 aliphatic heterocycles. The first-order valence-electron chi connectivity index (χ1n) is 13.8. The van der Waals surface area contributed by atoms with Crippen LogP contribution in [-0.4, -0.2) is 36.0 Å². The van der Waals surface area contributed by atoms with Crippen molar-refractivity contribution in [2.75, 3.05) is 13.1 Å². The molecule has 192 valence electrons. The summed E-state index contributed by atoms with van der Waals surface area (Å²) in [6.45, 7) is 16.3. The minimum absolute atomic E-state index is 0.193. The Labute approximate surface area is 208 Å². The molecule has 0 radical (unpaired) electrons. The maximum absolute atomic E-state index is 12.2. The van der Waals surface area contributed by atoms with Crippen LogP contribution < -0.4 is 0 Å². The zero-order chi connectivity index (χ0) is 24.9. The molecular formula is C30H49NO3. The Kier molecular flexibility index (Phi) is 9.09. The summed E-state index contributed by atoms with van der Waals surface area (Å²) in [6, 6.07) is 0. The summed E-state index contributed by atoms with van der Waals surface area (Å²) in [5.41, 5.74) is 3.00. The van der Waals surface area contributed by atoms with Crippen LogP contribution >= 0.6 is 0 Å². The minimum atomic E-state index is -0.438. The molecule has 1 heterocycles. The number of hydrogen-bond donors (Lipinski definition) is 0. The number of ether oxygens (including phenoxy) is 1. The van der Waals surface area contributed by atoms with Gasteiger partial charge < -0.3 is 14.4 Å². The maximum Gasteiger partial charge on any atom is 0.410 e. The Morgan fingerprint density at radius 3 is 2.68 bits per heavy atom. The number of fused-ring (bicyclic) bond motifs is 1. The number of nitrogens with zero attached hydrogens (tertiary/aromatic N) is 1. The monoisotopic (exact) mass is 471 g/mol. The Morgan fingerprint density at radius 1 is 1.26 bits per heavy atom. The fraction of sp³-hybridized carbons (Fsp3) is 0.800. The van der Waals surface area contributed by atoms with Crippen LogP contribution in [0.1, 0.15) is 105 Å². The molecule has 4 heteroatoms. The molecule has 0 aromatic carbocycles. The summed E-state index contributed by atoms with van der Waals surface area (Å²) in [4.78, 5) is 25.0. The second-order valence-corrected chi connectivity index (χ2v) is 12.9. The molecule has 0 bridgehead atoms. The Bertz CT molecular complexity index is 758. The molecular weight excluding hydrogens is 422 g/mol. The average molecular weight is 472 g/mol. The fourth-order valence-corrected chi connectivity index (χ4v) is 6.41. The number of carbonyl (C=O) groups is 2. The van der Waals surface area contributed by atoms with Crippen molar-refractivity contribution in [3.8, 4) is 0 Å². The number of rotatable bonds is 10. The second kappa shape index (κ2) is 11.4. The van der Waals surface area contributed by atoms with Gasteiger partial charge in [-0.15, -0.1) is 0 Å². The van der Waals surface area contributed by atoms with E-state index in [4.69, 9.17) is 4.74 Å². The molecule has 1 saturated heterocycles. The highest BCUT2D eigenvalue weighted by Crippen LogP contribution is 2.56. The second-order valence-electron chi connectivity index (χ2n) is 12.9. The predicted octanol–water partition coefficient (Wildman–Crippen LogP) is 7.73. The Balaban J connectivity index is 1.45. The predicted molar refractivity (Wildman–Crippen MR) is 140 cm³/mol. The normalized spacial score (nSPS) is 28.9. The molecule has 4 nitrogen and oxygen atoms in total. The van der Waals surface area contributed by atoms with Gasteiger partial charge in [-0.25, -0.2) is 4.79 Å². The summed E-state index contributed by atoms with van der Waals surface area (Å²) in [5.74, 6) is 2.65. The molecule has 34 heavy (non-hydrogen) atoms. The van der Waals surface area contributed by atoms with E-state index in [1.807, 2.05) is 25.7 Å². The first kappa shape index (κ1) is 27.0. The highest BCUT2D eigenvalue weighted by Gasteiger charge is 2.45. The highest BCUT2D eigenvalue weighted by molar-refractivity contribution is 5.69. The molecule has 4 atom stereocenters. The number of allylic oxidation sites excluding steroid dienone is 3. The number of carbonyl (C=O) groups excluding carboxylic acids is 2. The fourth-order valence-electron chi connectivity index (χ4n) is 6.41. The lowest BCUT2D eigenvalue weighted by Gasteiger charge is -2.41. The van der Waals surface area contributed by atoms with Crippen molar-refractivity contribution in [1.29, 1.82) is 0 Å². The van der Waals surface area contributed by atoms with Crippen LogP contribution in [0.2, 0.25) is 0 Å². The van der Waals surface area contributed by atoms with Crippen LogP contribution in [0.25, 0.3) is 0 Å². The average Bonchev–Trinajstić information content (AvgIpc) is 2.99. The van der Waals surface area contributed by atoms with E-state index < -0.39 is 5.60 Å². The standard InChI is InChI=1S/C30H49NO3/c1-22(15-17-32)18-24(11-12-26-20-31(21-26)28(33)34-29(3,4)5)8-7-9-25-14-16-30(6)23(2)10-13-27(30)19-25/h11,17,22,25-27H,2,7-10,12-16,18-21H2,1,3-6H3/b24-11+/t22-,25?,27?,30?/m0/s1. The van der Waals surface area contributed by atoms with E-state index in [9.17, 15) is 9.59 Å². The van der Waals surface area contributed by atoms with Gasteiger partial charge in [0.25, 0.3) is 0 Å². The lowest BCUT2D eigenvalue weighted by atomic mass is 9.64. The Hall–Kier alpha value is -1.58. The van der Waals surface area contributed by atoms with Crippen molar-refractivity contribution in [3.63, 3.8) is 0 Å². The van der Waals surface area contributed by atoms with Gasteiger partial charge >= 0.3 is 6.09 Å². The molecule has 3 rings (SSSR count). The molecule has 0 aromatic heterocycles. The number of likely N-dealkylation sites (tertiary alicyclic amines) is 1. The summed E-state index contributed by atoms with van der Waals surface area (Å²) in [5, 5.41) is 0. The molecule has 3 unspecified atom stereocenters. The molecule has 3 fully saturated rings. The van der Waals surface area contributed by atoms with Gasteiger partial charge in [0, 0.05) is 19.5 Å². The zero-order valence-electron chi connectivity index (χ0n) is 22.5. The van der Waals surface area contributed by atoms with E-state index in [-0.39, 0.29) is 6.09 Å². The van der Waals surface area contributed by atoms with Crippen LogP contribution in [-0.2, 0) is 9.53 Å². The molecule has 2 saturated carbocycles. The molecule has 0 aromatic rings. The lowest BCUT2D eigenvalue weighted by molar-refractivity contribution is -0.108. The summed E-state index contributed by atoms with van der Waals surface area (Å²) >= 11 is 0. The van der Waals surface area contributed by atoms with Crippen molar-refractivity contribution in [1.82, 2.24) is 4.90 Å². The molecule has 0 N–H and O–H groups in total. The molecule has 1 amide bonds. The maximum atomic E-state index is 12.2. The van der Waals surface area contributed by atoms with E-state index in [2.05, 4.69) is 26.5 Å². The molecule has 0 spiro atoms. The third-order valence-corrected chi connectivity index (χ3v) is 8.76. The van der Waals surface area contributed by atoms with Crippen molar-refractivity contribution < 1.29 is 14.3 Å². The molecule has 2 aliphatic carbocycles. The first-order chi connectivity index (χ1) is 16.0. The van der Waals surface area contributed by atoms with Gasteiger partial charge in [0.2, 0.25) is 0 Å². The van der Waals surface area contributed by atoms with Crippen LogP contribution in [0.4, 0.5) is 4.79 Å². The lowest BCUT2D eigenvalue weighted by Crippen LogP contribution is -2.51. The topological polar surface area (TPSA) is 46.6 Å². The van der Waals surface area contributed by atoms with Crippen molar-refractivity contribution in [2.45, 2.75) is 111 Å². The van der Waals surface area contributed by atoms with Gasteiger partial charge in [0.1, 0.15) is 11.9 Å². The number of amides is 1. The highest BCUT2D eigenvalue weighted by atomic mass is 16.6. The van der Waals surface area contributed by atoms with Gasteiger partial charge in [0.15, 0.2) is 0 Å². The Morgan fingerprint density at radius 2 is 2.00 bits per heavy atom. The van der Waals surface area contributed by atoms with Gasteiger partial charge in [-0.05, 0) is 108 Å². The third kappa shape index (κ3) is 7.21. The van der Waals surface area contributed by atoms with E-state index in [1.54, 1.807) is 0 Å². The summed E-state index contributed by atoms with van der Waals surface area (Å²) in [6.07, 6.45) is 16.4. The quantitative estimate of drug-likeness (QED) is 0.242. The minimum Gasteiger partial charge on any atom is -0.444 e. The van der Waals surface area contributed by atoms with Gasteiger partial charge in [-0.3, -0.25) is 0 Å². The van der Waals surface area contributed by atoms with Crippen LogP contribution in [0.15, 0.2) is 23.8 Å². The van der Waals surface area contributed by atoms with Crippen LogP contribution in [0, 0.1) is 29.1 Å². The number of aldehydes is 1. The van der Waals surface area contributed by atoms with Crippen molar-refractivity contribution in [2.24, 2.45) is 29.1 Å². The van der Waals surface area contributed by atoms with E-state index >= 15 is 0 Å². The third-order valence-electron chi connectivity index (χ3n) is 8.76. The van der Waals surface area contributed by atoms with Gasteiger partial charge in [-0.1, -0.05) is 44.1 Å². The van der Waals surface area contributed by atoms with E-state index in [0.717, 1.165) is 50.5 Å². The smallest absolute Gasteiger partial charge is 0.410 e. The largest absolute Gasteiger partial charge is 0.444 e. The summed E-state index contributed by atoms with van der Waals surface area (Å²) in [7, 11) is 0. The van der Waals surface area contributed by atoms with Crippen molar-refractivity contribution in [3.05, 3.63) is 23.8 Å². The number of hydrogen-bond acceptors (Lipinski definition) is 3. The van der Waals surface area contributed by atoms with E-state index in [0.29, 0.717) is 23.7 Å². The SMILES string of the molecule is C=C1CCC2CC(CCC/C(=C\CC3CN(C(=O)OC(C)(C)C)C3)C[C@@H](C)CC=O)CCC12C. The van der Waals surface area contributed by atoms with Crippen molar-refractivity contribution >= 4 is 12.4 Å². The van der Waals surface area contributed by atoms with Crippen LogP contribution in [0.3, 0.4) is 0 Å². The van der Waals surface area contributed by atoms with E-state index in [1.165, 1.54) is 56.1 Å². The summed E-state index contributed by atoms with van der Waals surface area (Å²) < 4.78 is 5.48. The molecule has 3 aliphatic rings. The zero-order valence-corrected chi connectivity index (χ0v) is 22.5. The van der Waals surface area contributed by atoms with Gasteiger partial charge in [0.05, 0.1) is 0 Å². The first-order valence-corrected chi connectivity index (χ1v) is 13.8. The van der Waals surface area contributed by atoms with Gasteiger partial charge in [-0.2, -0.15) is 0 Å².